The van der Waals surface area contributed by atoms with Gasteiger partial charge in [0.15, 0.2) is 0 Å². The van der Waals surface area contributed by atoms with Crippen molar-refractivity contribution < 1.29 is 22.8 Å². The maximum absolute atomic E-state index is 12.3. The summed E-state index contributed by atoms with van der Waals surface area (Å²) < 4.78 is 37.0. The summed E-state index contributed by atoms with van der Waals surface area (Å²) >= 11 is 0.610. The van der Waals surface area contributed by atoms with Gasteiger partial charge in [0.1, 0.15) is 0 Å². The molecule has 0 aliphatic carbocycles. The number of thioether (sulfide) groups is 1. The SMILES string of the molecule is CCCC(=O)NCC(=O)Nc1cc(C)ccc1SCC(F)(F)F. The highest BCUT2D eigenvalue weighted by Gasteiger charge is 2.27. The molecule has 1 aromatic rings. The fourth-order valence-electron chi connectivity index (χ4n) is 1.72. The van der Waals surface area contributed by atoms with Crippen LogP contribution in [0.4, 0.5) is 18.9 Å². The number of hydrogen-bond donors (Lipinski definition) is 2. The zero-order valence-corrected chi connectivity index (χ0v) is 13.7. The Balaban J connectivity index is 2.68. The van der Waals surface area contributed by atoms with Crippen molar-refractivity contribution in [2.75, 3.05) is 17.6 Å². The summed E-state index contributed by atoms with van der Waals surface area (Å²) in [6.45, 7) is 3.41. The van der Waals surface area contributed by atoms with Gasteiger partial charge < -0.3 is 10.6 Å². The Kier molecular flexibility index (Phi) is 7.41. The number of carbonyl (C=O) groups excluding carboxylic acids is 2. The van der Waals surface area contributed by atoms with E-state index in [4.69, 9.17) is 0 Å². The number of hydrogen-bond acceptors (Lipinski definition) is 3. The molecule has 0 aromatic heterocycles. The van der Waals surface area contributed by atoms with Crippen molar-refractivity contribution in [3.63, 3.8) is 0 Å². The highest BCUT2D eigenvalue weighted by Crippen LogP contribution is 2.32. The van der Waals surface area contributed by atoms with Crippen LogP contribution in [0.2, 0.25) is 0 Å². The van der Waals surface area contributed by atoms with E-state index in [2.05, 4.69) is 10.6 Å². The minimum absolute atomic E-state index is 0.212. The quantitative estimate of drug-likeness (QED) is 0.742. The second-order valence-electron chi connectivity index (χ2n) is 4.98. The molecule has 23 heavy (non-hydrogen) atoms. The summed E-state index contributed by atoms with van der Waals surface area (Å²) in [4.78, 5) is 23.5. The molecule has 1 aromatic carbocycles. The summed E-state index contributed by atoms with van der Waals surface area (Å²) in [7, 11) is 0. The molecule has 0 aliphatic rings. The Bertz CT molecular complexity index is 562. The number of anilines is 1. The average Bonchev–Trinajstić information content (AvgIpc) is 2.43. The summed E-state index contributed by atoms with van der Waals surface area (Å²) in [6.07, 6.45) is -3.29. The van der Waals surface area contributed by atoms with Crippen LogP contribution in [0.25, 0.3) is 0 Å². The fraction of sp³-hybridized carbons (Fsp3) is 0.467. The maximum atomic E-state index is 12.3. The number of carbonyl (C=O) groups is 2. The van der Waals surface area contributed by atoms with Gasteiger partial charge in [-0.3, -0.25) is 9.59 Å². The number of alkyl halides is 3. The first-order chi connectivity index (χ1) is 10.7. The lowest BCUT2D eigenvalue weighted by molar-refractivity contribution is -0.124. The molecular formula is C15H19F3N2O2S. The van der Waals surface area contributed by atoms with Gasteiger partial charge in [-0.25, -0.2) is 0 Å². The summed E-state index contributed by atoms with van der Waals surface area (Å²) in [5.41, 5.74) is 1.13. The highest BCUT2D eigenvalue weighted by molar-refractivity contribution is 7.99. The van der Waals surface area contributed by atoms with Gasteiger partial charge in [0.2, 0.25) is 11.8 Å². The van der Waals surface area contributed by atoms with E-state index in [0.717, 1.165) is 5.56 Å². The van der Waals surface area contributed by atoms with Crippen LogP contribution in [0.15, 0.2) is 23.1 Å². The molecule has 0 saturated heterocycles. The van der Waals surface area contributed by atoms with Crippen LogP contribution in [0.3, 0.4) is 0 Å². The van der Waals surface area contributed by atoms with E-state index in [1.165, 1.54) is 6.07 Å². The fourth-order valence-corrected chi connectivity index (χ4v) is 2.46. The first kappa shape index (κ1) is 19.3. The lowest BCUT2D eigenvalue weighted by Crippen LogP contribution is -2.32. The molecule has 0 heterocycles. The van der Waals surface area contributed by atoms with E-state index >= 15 is 0 Å². The topological polar surface area (TPSA) is 58.2 Å². The number of nitrogens with one attached hydrogen (secondary N) is 2. The molecule has 128 valence electrons. The Hall–Kier alpha value is -1.70. The van der Waals surface area contributed by atoms with Gasteiger partial charge in [-0.1, -0.05) is 13.0 Å². The molecule has 2 amide bonds. The van der Waals surface area contributed by atoms with Crippen molar-refractivity contribution in [3.8, 4) is 0 Å². The van der Waals surface area contributed by atoms with E-state index in [-0.39, 0.29) is 12.5 Å². The Labute approximate surface area is 137 Å². The highest BCUT2D eigenvalue weighted by atomic mass is 32.2. The molecule has 8 heteroatoms. The second kappa shape index (κ2) is 8.81. The molecule has 0 bridgehead atoms. The van der Waals surface area contributed by atoms with Crippen molar-refractivity contribution in [2.45, 2.75) is 37.8 Å². The molecule has 0 saturated carbocycles. The van der Waals surface area contributed by atoms with Gasteiger partial charge in [-0.05, 0) is 31.0 Å². The standard InChI is InChI=1S/C15H19F3N2O2S/c1-3-4-13(21)19-8-14(22)20-11-7-10(2)5-6-12(11)23-9-15(16,17)18/h5-7H,3-4,8-9H2,1-2H3,(H,19,21)(H,20,22). The Morgan fingerprint density at radius 2 is 1.91 bits per heavy atom. The van der Waals surface area contributed by atoms with Gasteiger partial charge in [-0.15, -0.1) is 11.8 Å². The number of aryl methyl sites for hydroxylation is 1. The number of amides is 2. The molecule has 0 radical (unpaired) electrons. The summed E-state index contributed by atoms with van der Waals surface area (Å²) in [6, 6.07) is 4.82. The molecule has 0 atom stereocenters. The molecule has 0 spiro atoms. The van der Waals surface area contributed by atoms with Crippen LogP contribution in [0.1, 0.15) is 25.3 Å². The van der Waals surface area contributed by atoms with Crippen LogP contribution in [-0.2, 0) is 9.59 Å². The van der Waals surface area contributed by atoms with Gasteiger partial charge in [0.05, 0.1) is 18.0 Å². The van der Waals surface area contributed by atoms with Crippen molar-refractivity contribution in [1.82, 2.24) is 5.32 Å². The molecule has 2 N–H and O–H groups in total. The maximum Gasteiger partial charge on any atom is 0.398 e. The first-order valence-electron chi connectivity index (χ1n) is 7.08. The monoisotopic (exact) mass is 348 g/mol. The minimum Gasteiger partial charge on any atom is -0.347 e. The predicted octanol–water partition coefficient (Wildman–Crippen LogP) is 3.50. The number of benzene rings is 1. The zero-order valence-electron chi connectivity index (χ0n) is 12.9. The first-order valence-corrected chi connectivity index (χ1v) is 8.06. The van der Waals surface area contributed by atoms with Crippen LogP contribution >= 0.6 is 11.8 Å². The van der Waals surface area contributed by atoms with Gasteiger partial charge >= 0.3 is 6.18 Å². The Morgan fingerprint density at radius 1 is 1.22 bits per heavy atom. The third-order valence-corrected chi connectivity index (χ3v) is 3.86. The van der Waals surface area contributed by atoms with Crippen LogP contribution in [0.5, 0.6) is 0 Å². The van der Waals surface area contributed by atoms with Gasteiger partial charge in [-0.2, -0.15) is 13.2 Å². The zero-order chi connectivity index (χ0) is 17.5. The van der Waals surface area contributed by atoms with Gasteiger partial charge in [0, 0.05) is 11.3 Å². The van der Waals surface area contributed by atoms with Crippen LogP contribution < -0.4 is 10.6 Å². The third kappa shape index (κ3) is 7.92. The van der Waals surface area contributed by atoms with E-state index in [9.17, 15) is 22.8 Å². The minimum atomic E-state index is -4.29. The number of halogens is 3. The molecule has 0 fully saturated rings. The predicted molar refractivity (Wildman–Crippen MR) is 84.5 cm³/mol. The van der Waals surface area contributed by atoms with E-state index in [0.29, 0.717) is 35.2 Å². The molecular weight excluding hydrogens is 329 g/mol. The largest absolute Gasteiger partial charge is 0.398 e. The third-order valence-electron chi connectivity index (χ3n) is 2.72. The van der Waals surface area contributed by atoms with E-state index in [1.54, 1.807) is 19.1 Å². The van der Waals surface area contributed by atoms with Crippen molar-refractivity contribution in [1.29, 1.82) is 0 Å². The smallest absolute Gasteiger partial charge is 0.347 e. The lowest BCUT2D eigenvalue weighted by atomic mass is 10.2. The van der Waals surface area contributed by atoms with Crippen molar-refractivity contribution >= 4 is 29.3 Å². The van der Waals surface area contributed by atoms with Crippen molar-refractivity contribution in [3.05, 3.63) is 23.8 Å². The second-order valence-corrected chi connectivity index (χ2v) is 6.00. The molecule has 4 nitrogen and oxygen atoms in total. The molecule has 0 aliphatic heterocycles. The van der Waals surface area contributed by atoms with E-state index in [1.807, 2.05) is 6.92 Å². The van der Waals surface area contributed by atoms with Gasteiger partial charge in [0.25, 0.3) is 0 Å². The molecule has 0 unspecified atom stereocenters. The lowest BCUT2D eigenvalue weighted by Gasteiger charge is -2.13. The normalized spacial score (nSPS) is 11.2. The summed E-state index contributed by atoms with van der Waals surface area (Å²) in [5.74, 6) is -1.75. The Morgan fingerprint density at radius 3 is 2.52 bits per heavy atom. The molecule has 1 rings (SSSR count). The summed E-state index contributed by atoms with van der Waals surface area (Å²) in [5, 5.41) is 5.00. The van der Waals surface area contributed by atoms with Crippen LogP contribution in [0, 0.1) is 6.92 Å². The van der Waals surface area contributed by atoms with Crippen LogP contribution in [-0.4, -0.2) is 30.3 Å². The average molecular weight is 348 g/mol. The van der Waals surface area contributed by atoms with Crippen molar-refractivity contribution in [2.24, 2.45) is 0 Å². The number of rotatable bonds is 7. The van der Waals surface area contributed by atoms with E-state index < -0.39 is 17.8 Å².